The van der Waals surface area contributed by atoms with Crippen molar-refractivity contribution in [2.75, 3.05) is 0 Å². The summed E-state index contributed by atoms with van der Waals surface area (Å²) in [6.45, 7) is 3.80. The summed E-state index contributed by atoms with van der Waals surface area (Å²) >= 11 is 1.86. The van der Waals surface area contributed by atoms with Crippen molar-refractivity contribution in [2.45, 2.75) is 26.4 Å². The molecule has 0 bridgehead atoms. The monoisotopic (exact) mass is 236 g/mol. The molecular weight excluding hydrogens is 220 g/mol. The molecule has 0 unspecified atom stereocenters. The molecule has 2 heterocycles. The van der Waals surface area contributed by atoms with Crippen molar-refractivity contribution in [3.63, 3.8) is 0 Å². The zero-order chi connectivity index (χ0) is 11.4. The molecule has 5 heteroatoms. The van der Waals surface area contributed by atoms with Gasteiger partial charge in [-0.25, -0.2) is 4.98 Å². The van der Waals surface area contributed by atoms with Crippen LogP contribution in [0.2, 0.25) is 0 Å². The summed E-state index contributed by atoms with van der Waals surface area (Å²) in [5, 5.41) is 7.55. The summed E-state index contributed by atoms with van der Waals surface area (Å²) < 4.78 is 1.72. The molecular formula is C11H16N4S. The van der Waals surface area contributed by atoms with E-state index < -0.39 is 0 Å². The van der Waals surface area contributed by atoms with E-state index >= 15 is 0 Å². The summed E-state index contributed by atoms with van der Waals surface area (Å²) in [7, 11) is 1.88. The number of thiophene rings is 1. The summed E-state index contributed by atoms with van der Waals surface area (Å²) in [4.78, 5) is 6.97. The lowest BCUT2D eigenvalue weighted by molar-refractivity contribution is 0.654. The van der Waals surface area contributed by atoms with Crippen LogP contribution in [0.1, 0.15) is 22.5 Å². The molecule has 0 atom stereocenters. The van der Waals surface area contributed by atoms with E-state index in [-0.39, 0.29) is 0 Å². The minimum absolute atomic E-state index is 0.722. The first-order chi connectivity index (χ1) is 7.78. The van der Waals surface area contributed by atoms with Gasteiger partial charge in [-0.1, -0.05) is 6.92 Å². The zero-order valence-corrected chi connectivity index (χ0v) is 10.4. The van der Waals surface area contributed by atoms with Crippen LogP contribution in [-0.4, -0.2) is 14.8 Å². The molecule has 86 valence electrons. The molecule has 2 rings (SSSR count). The van der Waals surface area contributed by atoms with Gasteiger partial charge in [0.1, 0.15) is 6.33 Å². The van der Waals surface area contributed by atoms with Crippen molar-refractivity contribution in [2.24, 2.45) is 7.05 Å². The minimum Gasteiger partial charge on any atom is -0.305 e. The molecule has 0 aliphatic rings. The second-order valence-corrected chi connectivity index (χ2v) is 4.91. The predicted molar refractivity (Wildman–Crippen MR) is 65.2 cm³/mol. The third kappa shape index (κ3) is 2.90. The Kier molecular flexibility index (Phi) is 3.69. The van der Waals surface area contributed by atoms with Gasteiger partial charge in [0, 0.05) is 23.3 Å². The number of aryl methyl sites for hydroxylation is 2. The maximum Gasteiger partial charge on any atom is 0.164 e. The van der Waals surface area contributed by atoms with Crippen LogP contribution < -0.4 is 5.32 Å². The van der Waals surface area contributed by atoms with E-state index in [9.17, 15) is 0 Å². The average Bonchev–Trinajstić information content (AvgIpc) is 2.88. The molecule has 2 aromatic rings. The fraction of sp³-hybridized carbons (Fsp3) is 0.455. The van der Waals surface area contributed by atoms with E-state index in [4.69, 9.17) is 0 Å². The molecule has 0 saturated carbocycles. The molecule has 2 aromatic heterocycles. The number of hydrogen-bond acceptors (Lipinski definition) is 4. The molecule has 0 amide bonds. The van der Waals surface area contributed by atoms with Crippen LogP contribution in [0.5, 0.6) is 0 Å². The molecule has 4 nitrogen and oxygen atoms in total. The Morgan fingerprint density at radius 3 is 2.75 bits per heavy atom. The second-order valence-electron chi connectivity index (χ2n) is 3.66. The largest absolute Gasteiger partial charge is 0.305 e. The van der Waals surface area contributed by atoms with Gasteiger partial charge in [-0.05, 0) is 18.6 Å². The van der Waals surface area contributed by atoms with Gasteiger partial charge < -0.3 is 5.32 Å². The summed E-state index contributed by atoms with van der Waals surface area (Å²) in [6, 6.07) is 4.38. The van der Waals surface area contributed by atoms with Gasteiger partial charge in [0.15, 0.2) is 5.82 Å². The third-order valence-corrected chi connectivity index (χ3v) is 3.52. The SMILES string of the molecule is CCc1ccc(CNCc2ncn(C)n2)s1. The lowest BCUT2D eigenvalue weighted by Gasteiger charge is -1.98. The highest BCUT2D eigenvalue weighted by atomic mass is 32.1. The lowest BCUT2D eigenvalue weighted by Crippen LogP contribution is -2.13. The lowest BCUT2D eigenvalue weighted by atomic mass is 10.3. The van der Waals surface area contributed by atoms with E-state index in [0.29, 0.717) is 0 Å². The first-order valence-corrected chi connectivity index (χ1v) is 6.22. The van der Waals surface area contributed by atoms with E-state index in [1.54, 1.807) is 11.0 Å². The van der Waals surface area contributed by atoms with Crippen LogP contribution in [0.25, 0.3) is 0 Å². The average molecular weight is 236 g/mol. The Hall–Kier alpha value is -1.20. The number of nitrogens with zero attached hydrogens (tertiary/aromatic N) is 3. The van der Waals surface area contributed by atoms with Gasteiger partial charge >= 0.3 is 0 Å². The van der Waals surface area contributed by atoms with Crippen LogP contribution in [0.3, 0.4) is 0 Å². The topological polar surface area (TPSA) is 42.7 Å². The van der Waals surface area contributed by atoms with Crippen LogP contribution in [0.4, 0.5) is 0 Å². The zero-order valence-electron chi connectivity index (χ0n) is 9.60. The van der Waals surface area contributed by atoms with Crippen LogP contribution >= 0.6 is 11.3 Å². The Balaban J connectivity index is 1.79. The predicted octanol–water partition coefficient (Wildman–Crippen LogP) is 1.73. The van der Waals surface area contributed by atoms with Crippen LogP contribution in [0.15, 0.2) is 18.5 Å². The van der Waals surface area contributed by atoms with Gasteiger partial charge in [0.2, 0.25) is 0 Å². The first-order valence-electron chi connectivity index (χ1n) is 5.40. The maximum absolute atomic E-state index is 4.21. The normalized spacial score (nSPS) is 10.9. The van der Waals surface area contributed by atoms with Crippen molar-refractivity contribution in [1.82, 2.24) is 20.1 Å². The number of hydrogen-bond donors (Lipinski definition) is 1. The van der Waals surface area contributed by atoms with Gasteiger partial charge in [-0.3, -0.25) is 4.68 Å². The highest BCUT2D eigenvalue weighted by molar-refractivity contribution is 7.11. The molecule has 16 heavy (non-hydrogen) atoms. The molecule has 0 aliphatic heterocycles. The van der Waals surface area contributed by atoms with Crippen molar-refractivity contribution in [1.29, 1.82) is 0 Å². The summed E-state index contributed by atoms with van der Waals surface area (Å²) in [5.41, 5.74) is 0. The number of rotatable bonds is 5. The van der Waals surface area contributed by atoms with Crippen molar-refractivity contribution >= 4 is 11.3 Å². The molecule has 0 aromatic carbocycles. The van der Waals surface area contributed by atoms with Crippen LogP contribution in [-0.2, 0) is 26.6 Å². The fourth-order valence-electron chi connectivity index (χ4n) is 1.47. The van der Waals surface area contributed by atoms with E-state index in [2.05, 4.69) is 34.5 Å². The Labute approximate surface area is 99.3 Å². The van der Waals surface area contributed by atoms with Gasteiger partial charge in [-0.2, -0.15) is 5.10 Å². The minimum atomic E-state index is 0.722. The standard InChI is InChI=1S/C11H16N4S/c1-3-9-4-5-10(16-9)6-12-7-11-13-8-15(2)14-11/h4-5,8,12H,3,6-7H2,1-2H3. The summed E-state index contributed by atoms with van der Waals surface area (Å²) in [5.74, 6) is 0.842. The molecule has 0 aliphatic carbocycles. The third-order valence-electron chi connectivity index (χ3n) is 2.30. The molecule has 0 fully saturated rings. The summed E-state index contributed by atoms with van der Waals surface area (Å²) in [6.07, 6.45) is 2.84. The van der Waals surface area contributed by atoms with E-state index in [0.717, 1.165) is 25.3 Å². The van der Waals surface area contributed by atoms with Crippen molar-refractivity contribution in [3.8, 4) is 0 Å². The second kappa shape index (κ2) is 5.23. The molecule has 0 radical (unpaired) electrons. The van der Waals surface area contributed by atoms with Gasteiger partial charge in [0.25, 0.3) is 0 Å². The highest BCUT2D eigenvalue weighted by Gasteiger charge is 2.00. The molecule has 0 spiro atoms. The van der Waals surface area contributed by atoms with Crippen molar-refractivity contribution in [3.05, 3.63) is 34.0 Å². The Morgan fingerprint density at radius 1 is 1.31 bits per heavy atom. The maximum atomic E-state index is 4.21. The van der Waals surface area contributed by atoms with Crippen molar-refractivity contribution < 1.29 is 0 Å². The smallest absolute Gasteiger partial charge is 0.164 e. The fourth-order valence-corrected chi connectivity index (χ4v) is 2.40. The Morgan fingerprint density at radius 2 is 2.12 bits per heavy atom. The van der Waals surface area contributed by atoms with Crippen LogP contribution in [0, 0.1) is 0 Å². The first kappa shape index (κ1) is 11.3. The van der Waals surface area contributed by atoms with Gasteiger partial charge in [-0.15, -0.1) is 11.3 Å². The Bertz CT molecular complexity index is 446. The number of nitrogens with one attached hydrogen (secondary N) is 1. The van der Waals surface area contributed by atoms with E-state index in [1.165, 1.54) is 9.75 Å². The van der Waals surface area contributed by atoms with E-state index in [1.807, 2.05) is 18.4 Å². The highest BCUT2D eigenvalue weighted by Crippen LogP contribution is 2.16. The quantitative estimate of drug-likeness (QED) is 0.859. The number of aromatic nitrogens is 3. The van der Waals surface area contributed by atoms with Gasteiger partial charge in [0.05, 0.1) is 6.54 Å². The molecule has 1 N–H and O–H groups in total. The molecule has 0 saturated heterocycles.